The normalized spacial score (nSPS) is 23.7. The van der Waals surface area contributed by atoms with Crippen LogP contribution in [0, 0.1) is 0 Å². The lowest BCUT2D eigenvalue weighted by Crippen LogP contribution is -2.37. The third-order valence-corrected chi connectivity index (χ3v) is 5.03. The lowest BCUT2D eigenvalue weighted by Gasteiger charge is -2.35. The predicted octanol–water partition coefficient (Wildman–Crippen LogP) is 2.93. The summed E-state index contributed by atoms with van der Waals surface area (Å²) in [5.74, 6) is 0. The first-order valence-corrected chi connectivity index (χ1v) is 10.1. The summed E-state index contributed by atoms with van der Waals surface area (Å²) in [6.45, 7) is 5.74. The first kappa shape index (κ1) is 19.8. The Bertz CT molecular complexity index is 472. The molecule has 1 aromatic carbocycles. The van der Waals surface area contributed by atoms with Crippen molar-refractivity contribution in [2.75, 3.05) is 39.5 Å². The van der Waals surface area contributed by atoms with Gasteiger partial charge in [0.1, 0.15) is 0 Å². The first-order chi connectivity index (χ1) is 12.9. The van der Waals surface area contributed by atoms with Crippen LogP contribution in [0.25, 0.3) is 0 Å². The van der Waals surface area contributed by atoms with E-state index in [1.165, 1.54) is 5.56 Å². The summed E-state index contributed by atoms with van der Waals surface area (Å²) in [5, 5.41) is 3.34. The standard InChI is InChI=1S/C21H33NO4/c1-2-5-18(6-3-1)17-26-21-15-20(16-21)24-12-4-11-23-13-14-25-19-7-9-22-10-8-19/h1-3,5-6,19-22H,4,7-17H2/t20-,21-. The van der Waals surface area contributed by atoms with Gasteiger partial charge in [0.25, 0.3) is 0 Å². The van der Waals surface area contributed by atoms with E-state index < -0.39 is 0 Å². The van der Waals surface area contributed by atoms with Crippen LogP contribution >= 0.6 is 0 Å². The third kappa shape index (κ3) is 7.33. The topological polar surface area (TPSA) is 49.0 Å². The maximum absolute atomic E-state index is 5.89. The third-order valence-electron chi connectivity index (χ3n) is 5.03. The fourth-order valence-corrected chi connectivity index (χ4v) is 3.33. The summed E-state index contributed by atoms with van der Waals surface area (Å²) in [6, 6.07) is 10.3. The summed E-state index contributed by atoms with van der Waals surface area (Å²) in [5.41, 5.74) is 1.23. The molecule has 1 saturated heterocycles. The Labute approximate surface area is 157 Å². The van der Waals surface area contributed by atoms with E-state index in [1.807, 2.05) is 18.2 Å². The van der Waals surface area contributed by atoms with Gasteiger partial charge in [0, 0.05) is 13.2 Å². The smallest absolute Gasteiger partial charge is 0.0720 e. The highest BCUT2D eigenvalue weighted by Crippen LogP contribution is 2.27. The van der Waals surface area contributed by atoms with E-state index in [9.17, 15) is 0 Å². The Hall–Kier alpha value is -0.980. The molecular weight excluding hydrogens is 330 g/mol. The summed E-state index contributed by atoms with van der Waals surface area (Å²) in [7, 11) is 0. The molecule has 0 unspecified atom stereocenters. The Morgan fingerprint density at radius 3 is 2.31 bits per heavy atom. The van der Waals surface area contributed by atoms with E-state index >= 15 is 0 Å². The zero-order chi connectivity index (χ0) is 17.9. The molecular formula is C21H33NO4. The minimum atomic E-state index is 0.351. The van der Waals surface area contributed by atoms with Crippen molar-refractivity contribution in [2.45, 2.75) is 57.0 Å². The molecule has 2 aliphatic rings. The first-order valence-electron chi connectivity index (χ1n) is 10.1. The lowest BCUT2D eigenvalue weighted by atomic mass is 9.92. The van der Waals surface area contributed by atoms with Gasteiger partial charge >= 0.3 is 0 Å². The molecule has 1 aliphatic heterocycles. The SMILES string of the molecule is c1ccc(CO[C@H]2C[C@H](OCCCOCCOC3CCNCC3)C2)cc1. The van der Waals surface area contributed by atoms with E-state index in [2.05, 4.69) is 17.4 Å². The number of ether oxygens (including phenoxy) is 4. The second kappa shape index (κ2) is 11.7. The predicted molar refractivity (Wildman–Crippen MR) is 101 cm³/mol. The van der Waals surface area contributed by atoms with Gasteiger partial charge in [0.2, 0.25) is 0 Å². The molecule has 1 saturated carbocycles. The summed E-state index contributed by atoms with van der Waals surface area (Å²) in [6.07, 6.45) is 6.33. The van der Waals surface area contributed by atoms with E-state index in [1.54, 1.807) is 0 Å². The molecule has 0 bridgehead atoms. The lowest BCUT2D eigenvalue weighted by molar-refractivity contribution is -0.109. The van der Waals surface area contributed by atoms with E-state index in [-0.39, 0.29) is 0 Å². The number of piperidine rings is 1. The highest BCUT2D eigenvalue weighted by Gasteiger charge is 2.30. The van der Waals surface area contributed by atoms with Gasteiger partial charge < -0.3 is 24.3 Å². The number of hydrogen-bond donors (Lipinski definition) is 1. The van der Waals surface area contributed by atoms with Gasteiger partial charge in [-0.05, 0) is 50.8 Å². The van der Waals surface area contributed by atoms with Crippen LogP contribution < -0.4 is 5.32 Å². The molecule has 146 valence electrons. The second-order valence-corrected chi connectivity index (χ2v) is 7.17. The van der Waals surface area contributed by atoms with Gasteiger partial charge in [-0.1, -0.05) is 30.3 Å². The zero-order valence-corrected chi connectivity index (χ0v) is 15.7. The Balaban J connectivity index is 1.08. The number of nitrogens with one attached hydrogen (secondary N) is 1. The largest absolute Gasteiger partial charge is 0.379 e. The number of benzene rings is 1. The van der Waals surface area contributed by atoms with Crippen molar-refractivity contribution in [1.82, 2.24) is 5.32 Å². The fourth-order valence-electron chi connectivity index (χ4n) is 3.33. The number of rotatable bonds is 12. The summed E-state index contributed by atoms with van der Waals surface area (Å²) >= 11 is 0. The van der Waals surface area contributed by atoms with Gasteiger partial charge in [-0.3, -0.25) is 0 Å². The van der Waals surface area contributed by atoms with Gasteiger partial charge in [-0.2, -0.15) is 0 Å². The molecule has 0 spiro atoms. The minimum Gasteiger partial charge on any atom is -0.379 e. The Morgan fingerprint density at radius 2 is 1.50 bits per heavy atom. The molecule has 1 N–H and O–H groups in total. The molecule has 0 amide bonds. The minimum absolute atomic E-state index is 0.351. The van der Waals surface area contributed by atoms with E-state index in [0.717, 1.165) is 58.4 Å². The van der Waals surface area contributed by atoms with Crippen LogP contribution in [0.5, 0.6) is 0 Å². The molecule has 1 aliphatic carbocycles. The van der Waals surface area contributed by atoms with Gasteiger partial charge in [0.15, 0.2) is 0 Å². The van der Waals surface area contributed by atoms with Crippen LogP contribution in [0.1, 0.15) is 37.7 Å². The van der Waals surface area contributed by atoms with E-state index in [4.69, 9.17) is 18.9 Å². The molecule has 3 rings (SSSR count). The Kier molecular flexibility index (Phi) is 8.88. The highest BCUT2D eigenvalue weighted by molar-refractivity contribution is 5.13. The summed E-state index contributed by atoms with van der Waals surface area (Å²) in [4.78, 5) is 0. The van der Waals surface area contributed by atoms with Crippen molar-refractivity contribution in [1.29, 1.82) is 0 Å². The molecule has 2 fully saturated rings. The molecule has 5 heteroatoms. The molecule has 0 atom stereocenters. The van der Waals surface area contributed by atoms with Crippen LogP contribution in [-0.4, -0.2) is 57.8 Å². The molecule has 0 radical (unpaired) electrons. The highest BCUT2D eigenvalue weighted by atomic mass is 16.5. The maximum atomic E-state index is 5.89. The van der Waals surface area contributed by atoms with Crippen molar-refractivity contribution in [3.8, 4) is 0 Å². The van der Waals surface area contributed by atoms with Gasteiger partial charge in [-0.25, -0.2) is 0 Å². The van der Waals surface area contributed by atoms with Crippen molar-refractivity contribution < 1.29 is 18.9 Å². The van der Waals surface area contributed by atoms with Crippen molar-refractivity contribution >= 4 is 0 Å². The van der Waals surface area contributed by atoms with Crippen LogP contribution in [0.4, 0.5) is 0 Å². The second-order valence-electron chi connectivity index (χ2n) is 7.17. The van der Waals surface area contributed by atoms with Gasteiger partial charge in [-0.15, -0.1) is 0 Å². The van der Waals surface area contributed by atoms with Gasteiger partial charge in [0.05, 0.1) is 38.1 Å². The van der Waals surface area contributed by atoms with Crippen LogP contribution in [0.15, 0.2) is 30.3 Å². The van der Waals surface area contributed by atoms with Crippen molar-refractivity contribution in [3.05, 3.63) is 35.9 Å². The van der Waals surface area contributed by atoms with E-state index in [0.29, 0.717) is 38.1 Å². The number of hydrogen-bond acceptors (Lipinski definition) is 5. The maximum Gasteiger partial charge on any atom is 0.0720 e. The van der Waals surface area contributed by atoms with Crippen LogP contribution in [0.2, 0.25) is 0 Å². The fraction of sp³-hybridized carbons (Fsp3) is 0.714. The summed E-state index contributed by atoms with van der Waals surface area (Å²) < 4.78 is 23.2. The van der Waals surface area contributed by atoms with Crippen LogP contribution in [0.3, 0.4) is 0 Å². The van der Waals surface area contributed by atoms with Crippen molar-refractivity contribution in [3.63, 3.8) is 0 Å². The Morgan fingerprint density at radius 1 is 0.769 bits per heavy atom. The molecule has 5 nitrogen and oxygen atoms in total. The molecule has 0 aromatic heterocycles. The zero-order valence-electron chi connectivity index (χ0n) is 15.7. The molecule has 1 aromatic rings. The average Bonchev–Trinajstić information content (AvgIpc) is 2.66. The van der Waals surface area contributed by atoms with Crippen LogP contribution in [-0.2, 0) is 25.6 Å². The van der Waals surface area contributed by atoms with Crippen molar-refractivity contribution in [2.24, 2.45) is 0 Å². The molecule has 1 heterocycles. The monoisotopic (exact) mass is 363 g/mol. The molecule has 26 heavy (non-hydrogen) atoms. The average molecular weight is 363 g/mol. The quantitative estimate of drug-likeness (QED) is 0.579.